The van der Waals surface area contributed by atoms with Gasteiger partial charge in [0.2, 0.25) is 11.8 Å². The number of carbonyl (C=O) groups excluding carboxylic acids is 2. The number of nitrogens with one attached hydrogen (secondary N) is 1. The summed E-state index contributed by atoms with van der Waals surface area (Å²) in [5, 5.41) is 2.87. The number of amides is 2. The smallest absolute Gasteiger partial charge is 0.246 e. The molecule has 0 aromatic carbocycles. The molecule has 2 aliphatic carbocycles. The first-order valence-electron chi connectivity index (χ1n) is 8.35. The second kappa shape index (κ2) is 4.47. The van der Waals surface area contributed by atoms with E-state index in [9.17, 15) is 9.59 Å². The van der Waals surface area contributed by atoms with Crippen LogP contribution in [-0.4, -0.2) is 34.8 Å². The van der Waals surface area contributed by atoms with Gasteiger partial charge in [-0.1, -0.05) is 27.7 Å². The monoisotopic (exact) mass is 292 g/mol. The van der Waals surface area contributed by atoms with E-state index < -0.39 is 0 Å². The summed E-state index contributed by atoms with van der Waals surface area (Å²) in [6.45, 7) is 10.7. The van der Waals surface area contributed by atoms with Gasteiger partial charge in [-0.25, -0.2) is 0 Å². The lowest BCUT2D eigenvalue weighted by atomic mass is 9.67. The highest BCUT2D eigenvalue weighted by Crippen LogP contribution is 2.64. The van der Waals surface area contributed by atoms with Gasteiger partial charge in [0.15, 0.2) is 0 Å². The van der Waals surface area contributed by atoms with Gasteiger partial charge in [0.1, 0.15) is 12.1 Å². The maximum Gasteiger partial charge on any atom is 0.246 e. The van der Waals surface area contributed by atoms with E-state index in [0.29, 0.717) is 12.3 Å². The Morgan fingerprint density at radius 2 is 1.95 bits per heavy atom. The highest BCUT2D eigenvalue weighted by Gasteiger charge is 2.63. The van der Waals surface area contributed by atoms with Gasteiger partial charge in [0.05, 0.1) is 0 Å². The maximum atomic E-state index is 12.9. The van der Waals surface area contributed by atoms with Gasteiger partial charge in [0, 0.05) is 6.04 Å². The summed E-state index contributed by atoms with van der Waals surface area (Å²) >= 11 is 0. The summed E-state index contributed by atoms with van der Waals surface area (Å²) in [5.74, 6) is 0.803. The third kappa shape index (κ3) is 1.87. The molecule has 0 aromatic rings. The minimum atomic E-state index is -0.347. The van der Waals surface area contributed by atoms with Gasteiger partial charge >= 0.3 is 0 Å². The minimum absolute atomic E-state index is 0.00336. The van der Waals surface area contributed by atoms with Gasteiger partial charge in [-0.05, 0) is 49.4 Å². The van der Waals surface area contributed by atoms with Crippen LogP contribution in [0.1, 0.15) is 60.3 Å². The summed E-state index contributed by atoms with van der Waals surface area (Å²) in [6.07, 6.45) is 4.31. The number of hydrogen-bond acceptors (Lipinski definition) is 2. The third-order valence-electron chi connectivity index (χ3n) is 6.55. The lowest BCUT2D eigenvalue weighted by Crippen LogP contribution is -2.68. The fraction of sp³-hybridized carbons (Fsp3) is 0.882. The lowest BCUT2D eigenvalue weighted by Gasteiger charge is -2.52. The van der Waals surface area contributed by atoms with E-state index in [0.717, 1.165) is 0 Å². The van der Waals surface area contributed by atoms with Gasteiger partial charge < -0.3 is 10.2 Å². The normalized spacial score (nSPS) is 45.1. The zero-order valence-corrected chi connectivity index (χ0v) is 13.9. The standard InChI is InChI=1S/C17H28N2O2/c1-6-12-14(21)19(10(2)13(20)18-12)15-16(3,4)11-7-8-17(15,5)9-11/h10-12,15H,6-9H2,1-5H3,(H,18,20). The molecule has 118 valence electrons. The number of fused-ring (bicyclic) bond motifs is 2. The Labute approximate surface area is 127 Å². The van der Waals surface area contributed by atoms with Crippen molar-refractivity contribution in [3.63, 3.8) is 0 Å². The van der Waals surface area contributed by atoms with Crippen LogP contribution in [0.3, 0.4) is 0 Å². The summed E-state index contributed by atoms with van der Waals surface area (Å²) in [4.78, 5) is 27.2. The number of rotatable bonds is 2. The molecule has 3 rings (SSSR count). The van der Waals surface area contributed by atoms with E-state index in [1.807, 2.05) is 18.7 Å². The van der Waals surface area contributed by atoms with Gasteiger partial charge in [-0.15, -0.1) is 0 Å². The van der Waals surface area contributed by atoms with Crippen LogP contribution in [0, 0.1) is 16.7 Å². The van der Waals surface area contributed by atoms with Crippen molar-refractivity contribution in [3.05, 3.63) is 0 Å². The fourth-order valence-corrected chi connectivity index (χ4v) is 5.45. The Morgan fingerprint density at radius 3 is 2.48 bits per heavy atom. The van der Waals surface area contributed by atoms with Crippen LogP contribution in [0.4, 0.5) is 0 Å². The van der Waals surface area contributed by atoms with Crippen LogP contribution in [0.25, 0.3) is 0 Å². The maximum absolute atomic E-state index is 12.9. The van der Waals surface area contributed by atoms with Crippen molar-refractivity contribution in [1.29, 1.82) is 0 Å². The molecule has 21 heavy (non-hydrogen) atoms. The molecule has 2 bridgehead atoms. The molecule has 0 radical (unpaired) electrons. The molecule has 1 saturated heterocycles. The van der Waals surface area contributed by atoms with Crippen LogP contribution < -0.4 is 5.32 Å². The Bertz CT molecular complexity index is 482. The number of hydrogen-bond donors (Lipinski definition) is 1. The molecule has 1 aliphatic heterocycles. The largest absolute Gasteiger partial charge is 0.343 e. The lowest BCUT2D eigenvalue weighted by molar-refractivity contribution is -0.158. The summed E-state index contributed by atoms with van der Waals surface area (Å²) in [6, 6.07) is -0.501. The Morgan fingerprint density at radius 1 is 1.29 bits per heavy atom. The van der Waals surface area contributed by atoms with Crippen LogP contribution >= 0.6 is 0 Å². The van der Waals surface area contributed by atoms with E-state index in [1.54, 1.807) is 0 Å². The van der Waals surface area contributed by atoms with Crippen molar-refractivity contribution in [1.82, 2.24) is 10.2 Å². The number of carbonyl (C=O) groups is 2. The number of piperazine rings is 1. The summed E-state index contributed by atoms with van der Waals surface area (Å²) in [5.41, 5.74) is 0.279. The average Bonchev–Trinajstić information content (AvgIpc) is 2.89. The first kappa shape index (κ1) is 14.9. The van der Waals surface area contributed by atoms with Crippen molar-refractivity contribution in [3.8, 4) is 0 Å². The molecule has 2 saturated carbocycles. The molecular weight excluding hydrogens is 264 g/mol. The molecule has 3 fully saturated rings. The minimum Gasteiger partial charge on any atom is -0.343 e. The average molecular weight is 292 g/mol. The van der Waals surface area contributed by atoms with E-state index in [1.165, 1.54) is 19.3 Å². The second-order valence-corrected chi connectivity index (χ2v) is 8.21. The highest BCUT2D eigenvalue weighted by molar-refractivity contribution is 5.97. The van der Waals surface area contributed by atoms with Crippen LogP contribution in [-0.2, 0) is 9.59 Å². The molecule has 4 heteroatoms. The van der Waals surface area contributed by atoms with Crippen LogP contribution in [0.15, 0.2) is 0 Å². The van der Waals surface area contributed by atoms with Crippen LogP contribution in [0.2, 0.25) is 0 Å². The molecule has 4 nitrogen and oxygen atoms in total. The van der Waals surface area contributed by atoms with E-state index >= 15 is 0 Å². The predicted molar refractivity (Wildman–Crippen MR) is 81.5 cm³/mol. The SMILES string of the molecule is CCC1NC(=O)C(C)N(C2C3(C)CCC(C3)C2(C)C)C1=O. The molecule has 5 unspecified atom stereocenters. The first-order chi connectivity index (χ1) is 9.72. The molecule has 1 heterocycles. The second-order valence-electron chi connectivity index (χ2n) is 8.21. The van der Waals surface area contributed by atoms with Crippen molar-refractivity contribution in [2.75, 3.05) is 0 Å². The predicted octanol–water partition coefficient (Wildman–Crippen LogP) is 2.33. The van der Waals surface area contributed by atoms with Crippen molar-refractivity contribution in [2.45, 2.75) is 78.4 Å². The Hall–Kier alpha value is -1.06. The molecule has 0 spiro atoms. The summed E-state index contributed by atoms with van der Waals surface area (Å²) < 4.78 is 0. The van der Waals surface area contributed by atoms with Gasteiger partial charge in [0.25, 0.3) is 0 Å². The van der Waals surface area contributed by atoms with Crippen LogP contribution in [0.5, 0.6) is 0 Å². The van der Waals surface area contributed by atoms with Crippen molar-refractivity contribution >= 4 is 11.8 Å². The molecule has 2 amide bonds. The van der Waals surface area contributed by atoms with E-state index in [-0.39, 0.29) is 40.8 Å². The van der Waals surface area contributed by atoms with Gasteiger partial charge in [-0.2, -0.15) is 0 Å². The highest BCUT2D eigenvalue weighted by atomic mass is 16.2. The molecule has 0 aromatic heterocycles. The first-order valence-corrected chi connectivity index (χ1v) is 8.35. The third-order valence-corrected chi connectivity index (χ3v) is 6.55. The molecule has 3 aliphatic rings. The molecular formula is C17H28N2O2. The Balaban J connectivity index is 2.01. The van der Waals surface area contributed by atoms with E-state index in [2.05, 4.69) is 26.1 Å². The quantitative estimate of drug-likeness (QED) is 0.849. The zero-order chi connectivity index (χ0) is 15.6. The fourth-order valence-electron chi connectivity index (χ4n) is 5.45. The van der Waals surface area contributed by atoms with Crippen molar-refractivity contribution < 1.29 is 9.59 Å². The van der Waals surface area contributed by atoms with Gasteiger partial charge in [-0.3, -0.25) is 9.59 Å². The van der Waals surface area contributed by atoms with Crippen molar-refractivity contribution in [2.24, 2.45) is 16.7 Å². The number of nitrogens with zero attached hydrogens (tertiary/aromatic N) is 1. The molecule has 5 atom stereocenters. The Kier molecular flexibility index (Phi) is 3.16. The zero-order valence-electron chi connectivity index (χ0n) is 13.9. The molecule has 1 N–H and O–H groups in total. The topological polar surface area (TPSA) is 49.4 Å². The summed E-state index contributed by atoms with van der Waals surface area (Å²) in [7, 11) is 0. The van der Waals surface area contributed by atoms with E-state index in [4.69, 9.17) is 0 Å².